The molecule has 3 atom stereocenters. The Hall–Kier alpha value is -0.120. The van der Waals surface area contributed by atoms with Gasteiger partial charge in [-0.3, -0.25) is 0 Å². The molecule has 3 unspecified atom stereocenters. The lowest BCUT2D eigenvalue weighted by molar-refractivity contribution is 0.00936. The summed E-state index contributed by atoms with van der Waals surface area (Å²) >= 11 is 0. The fourth-order valence-electron chi connectivity index (χ4n) is 2.41. The smallest absolute Gasteiger partial charge is 0.0623 e. The monoisotopic (exact) mass is 229 g/mol. The summed E-state index contributed by atoms with van der Waals surface area (Å²) in [5.41, 5.74) is 6.21. The lowest BCUT2D eigenvalue weighted by atomic mass is 9.87. The van der Waals surface area contributed by atoms with E-state index in [9.17, 15) is 0 Å². The Morgan fingerprint density at radius 1 is 1.50 bits per heavy atom. The molecule has 2 N–H and O–H groups in total. The highest BCUT2D eigenvalue weighted by atomic mass is 16.5. The normalized spacial score (nSPS) is 28.3. The summed E-state index contributed by atoms with van der Waals surface area (Å²) in [5.74, 6) is 0.539. The second-order valence-corrected chi connectivity index (χ2v) is 5.44. The second-order valence-electron chi connectivity index (χ2n) is 5.44. The Morgan fingerprint density at radius 3 is 2.75 bits per heavy atom. The van der Waals surface area contributed by atoms with Crippen LogP contribution in [-0.2, 0) is 9.47 Å². The molecule has 0 aromatic heterocycles. The molecule has 0 aliphatic carbocycles. The van der Waals surface area contributed by atoms with E-state index in [1.54, 1.807) is 7.11 Å². The van der Waals surface area contributed by atoms with E-state index < -0.39 is 0 Å². The molecule has 1 fully saturated rings. The van der Waals surface area contributed by atoms with Crippen molar-refractivity contribution in [3.8, 4) is 0 Å². The van der Waals surface area contributed by atoms with Gasteiger partial charge < -0.3 is 15.2 Å². The van der Waals surface area contributed by atoms with Crippen molar-refractivity contribution >= 4 is 0 Å². The minimum atomic E-state index is -0.0568. The van der Waals surface area contributed by atoms with E-state index in [1.807, 2.05) is 0 Å². The first-order valence-electron chi connectivity index (χ1n) is 6.42. The average molecular weight is 229 g/mol. The van der Waals surface area contributed by atoms with Gasteiger partial charge >= 0.3 is 0 Å². The molecule has 0 radical (unpaired) electrons. The largest absolute Gasteiger partial charge is 0.379 e. The van der Waals surface area contributed by atoms with E-state index in [2.05, 4.69) is 20.8 Å². The Kier molecular flexibility index (Phi) is 5.22. The van der Waals surface area contributed by atoms with E-state index in [0.717, 1.165) is 32.3 Å². The van der Waals surface area contributed by atoms with Crippen LogP contribution in [0.1, 0.15) is 46.5 Å². The van der Waals surface area contributed by atoms with Crippen LogP contribution in [0, 0.1) is 5.92 Å². The molecule has 0 spiro atoms. The van der Waals surface area contributed by atoms with Crippen molar-refractivity contribution in [3.05, 3.63) is 0 Å². The van der Waals surface area contributed by atoms with Crippen LogP contribution in [0.3, 0.4) is 0 Å². The molecule has 16 heavy (non-hydrogen) atoms. The number of rotatable bonds is 6. The van der Waals surface area contributed by atoms with Crippen molar-refractivity contribution in [2.45, 2.75) is 64.2 Å². The Labute approximate surface area is 99.7 Å². The SMILES string of the molecule is CCC1OCCC1C(N)CCC(C)(C)OC. The van der Waals surface area contributed by atoms with Gasteiger partial charge in [-0.05, 0) is 39.5 Å². The zero-order chi connectivity index (χ0) is 12.2. The highest BCUT2D eigenvalue weighted by Gasteiger charge is 2.32. The first-order chi connectivity index (χ1) is 7.50. The molecule has 0 aromatic carbocycles. The molecular formula is C13H27NO2. The van der Waals surface area contributed by atoms with Crippen LogP contribution in [-0.4, -0.2) is 31.5 Å². The zero-order valence-corrected chi connectivity index (χ0v) is 11.2. The standard InChI is InChI=1S/C13H27NO2/c1-5-12-10(7-9-16-12)11(14)6-8-13(2,3)15-4/h10-12H,5-9,14H2,1-4H3. The predicted octanol–water partition coefficient (Wildman–Crippen LogP) is 2.33. The van der Waals surface area contributed by atoms with Gasteiger partial charge in [0.2, 0.25) is 0 Å². The zero-order valence-electron chi connectivity index (χ0n) is 11.2. The molecule has 0 saturated carbocycles. The number of nitrogens with two attached hydrogens (primary N) is 1. The molecule has 1 aliphatic heterocycles. The molecule has 1 saturated heterocycles. The maximum absolute atomic E-state index is 6.27. The third-order valence-electron chi connectivity index (χ3n) is 3.85. The van der Waals surface area contributed by atoms with Gasteiger partial charge in [0.25, 0.3) is 0 Å². The number of methoxy groups -OCH3 is 1. The van der Waals surface area contributed by atoms with Crippen LogP contribution in [0.4, 0.5) is 0 Å². The highest BCUT2D eigenvalue weighted by Crippen LogP contribution is 2.29. The number of hydrogen-bond donors (Lipinski definition) is 1. The van der Waals surface area contributed by atoms with Crippen molar-refractivity contribution in [1.29, 1.82) is 0 Å². The van der Waals surface area contributed by atoms with Gasteiger partial charge in [0.1, 0.15) is 0 Å². The van der Waals surface area contributed by atoms with Crippen LogP contribution >= 0.6 is 0 Å². The maximum Gasteiger partial charge on any atom is 0.0623 e. The van der Waals surface area contributed by atoms with Crippen LogP contribution in [0.2, 0.25) is 0 Å². The van der Waals surface area contributed by atoms with E-state index >= 15 is 0 Å². The number of ether oxygens (including phenoxy) is 2. The molecule has 1 heterocycles. The van der Waals surface area contributed by atoms with Crippen molar-refractivity contribution in [2.75, 3.05) is 13.7 Å². The second kappa shape index (κ2) is 5.99. The highest BCUT2D eigenvalue weighted by molar-refractivity contribution is 4.85. The molecule has 96 valence electrons. The van der Waals surface area contributed by atoms with Crippen LogP contribution < -0.4 is 5.73 Å². The van der Waals surface area contributed by atoms with Crippen molar-refractivity contribution in [3.63, 3.8) is 0 Å². The summed E-state index contributed by atoms with van der Waals surface area (Å²) in [6, 6.07) is 0.252. The predicted molar refractivity (Wildman–Crippen MR) is 66.4 cm³/mol. The summed E-state index contributed by atoms with van der Waals surface area (Å²) in [6.45, 7) is 7.28. The first kappa shape index (κ1) is 13.9. The Morgan fingerprint density at radius 2 is 2.19 bits per heavy atom. The summed E-state index contributed by atoms with van der Waals surface area (Å²) in [4.78, 5) is 0. The lowest BCUT2D eigenvalue weighted by Gasteiger charge is -2.28. The maximum atomic E-state index is 6.27. The van der Waals surface area contributed by atoms with Crippen molar-refractivity contribution in [1.82, 2.24) is 0 Å². The van der Waals surface area contributed by atoms with Gasteiger partial charge in [0.05, 0.1) is 11.7 Å². The molecule has 1 aliphatic rings. The molecular weight excluding hydrogens is 202 g/mol. The Balaban J connectivity index is 2.37. The summed E-state index contributed by atoms with van der Waals surface area (Å²) in [5, 5.41) is 0. The van der Waals surface area contributed by atoms with E-state index in [-0.39, 0.29) is 11.6 Å². The summed E-state index contributed by atoms with van der Waals surface area (Å²) < 4.78 is 11.1. The van der Waals surface area contributed by atoms with E-state index in [4.69, 9.17) is 15.2 Å². The quantitative estimate of drug-likeness (QED) is 0.760. The van der Waals surface area contributed by atoms with Crippen LogP contribution in [0.15, 0.2) is 0 Å². The van der Waals surface area contributed by atoms with Gasteiger partial charge in [0.15, 0.2) is 0 Å². The fourth-order valence-corrected chi connectivity index (χ4v) is 2.41. The third-order valence-corrected chi connectivity index (χ3v) is 3.85. The Bertz CT molecular complexity index is 206. The molecule has 0 aromatic rings. The third kappa shape index (κ3) is 3.72. The first-order valence-corrected chi connectivity index (χ1v) is 6.42. The van der Waals surface area contributed by atoms with Gasteiger partial charge in [-0.1, -0.05) is 6.92 Å². The van der Waals surface area contributed by atoms with Crippen molar-refractivity contribution < 1.29 is 9.47 Å². The van der Waals surface area contributed by atoms with Gasteiger partial charge in [-0.25, -0.2) is 0 Å². The minimum absolute atomic E-state index is 0.0568. The summed E-state index contributed by atoms with van der Waals surface area (Å²) in [7, 11) is 1.76. The number of hydrogen-bond acceptors (Lipinski definition) is 3. The van der Waals surface area contributed by atoms with E-state index in [0.29, 0.717) is 12.0 Å². The minimum Gasteiger partial charge on any atom is -0.379 e. The molecule has 0 amide bonds. The van der Waals surface area contributed by atoms with Gasteiger partial charge in [-0.2, -0.15) is 0 Å². The van der Waals surface area contributed by atoms with Gasteiger partial charge in [-0.15, -0.1) is 0 Å². The van der Waals surface area contributed by atoms with Crippen molar-refractivity contribution in [2.24, 2.45) is 11.7 Å². The molecule has 3 heteroatoms. The average Bonchev–Trinajstić information content (AvgIpc) is 2.74. The molecule has 3 nitrogen and oxygen atoms in total. The van der Waals surface area contributed by atoms with Crippen LogP contribution in [0.5, 0.6) is 0 Å². The fraction of sp³-hybridized carbons (Fsp3) is 1.00. The van der Waals surface area contributed by atoms with Crippen LogP contribution in [0.25, 0.3) is 0 Å². The topological polar surface area (TPSA) is 44.5 Å². The van der Waals surface area contributed by atoms with E-state index in [1.165, 1.54) is 0 Å². The molecule has 0 bridgehead atoms. The lowest BCUT2D eigenvalue weighted by Crippen LogP contribution is -2.37. The van der Waals surface area contributed by atoms with Gasteiger partial charge in [0, 0.05) is 25.7 Å². The summed E-state index contributed by atoms with van der Waals surface area (Å²) in [6.07, 6.45) is 4.60. The molecule has 1 rings (SSSR count).